The summed E-state index contributed by atoms with van der Waals surface area (Å²) in [6.45, 7) is 0.784. The van der Waals surface area contributed by atoms with Crippen LogP contribution in [0.3, 0.4) is 0 Å². The Morgan fingerprint density at radius 2 is 2.35 bits per heavy atom. The molecule has 0 aliphatic rings. The number of amides is 1. The normalized spacial score (nSPS) is 10.6. The highest BCUT2D eigenvalue weighted by molar-refractivity contribution is 5.92. The number of nitrogens with zero attached hydrogens (tertiary/aromatic N) is 5. The lowest BCUT2D eigenvalue weighted by atomic mass is 10.3. The average Bonchev–Trinajstić information content (AvgIpc) is 3.20. The molecule has 3 heterocycles. The molecule has 3 rings (SSSR count). The Labute approximate surface area is 112 Å². The van der Waals surface area contributed by atoms with Gasteiger partial charge in [-0.15, -0.1) is 10.2 Å². The summed E-state index contributed by atoms with van der Waals surface area (Å²) in [5, 5.41) is 17.4. The van der Waals surface area contributed by atoms with Crippen molar-refractivity contribution in [1.29, 1.82) is 0 Å². The molecule has 3 aromatic heterocycles. The average molecular weight is 274 g/mol. The fraction of sp³-hybridized carbons (Fsp3) is 0.182. The summed E-state index contributed by atoms with van der Waals surface area (Å²) in [5.74, 6) is 0.577. The van der Waals surface area contributed by atoms with Crippen molar-refractivity contribution in [3.8, 4) is 11.5 Å². The molecule has 0 bridgehead atoms. The first kappa shape index (κ1) is 12.1. The summed E-state index contributed by atoms with van der Waals surface area (Å²) >= 11 is 0. The number of hydrogen-bond donors (Lipinski definition) is 1. The van der Waals surface area contributed by atoms with Gasteiger partial charge in [-0.3, -0.25) is 4.79 Å². The van der Waals surface area contributed by atoms with Crippen LogP contribution in [0.5, 0.6) is 0 Å². The predicted octanol–water partition coefficient (Wildman–Crippen LogP) is 0.351. The molecule has 9 heteroatoms. The molecule has 0 aliphatic heterocycles. The largest absolute Gasteiger partial charge is 0.461 e. The van der Waals surface area contributed by atoms with Gasteiger partial charge in [0.05, 0.1) is 12.8 Å². The Hall–Kier alpha value is -2.97. The number of rotatable bonds is 5. The second kappa shape index (κ2) is 5.34. The fourth-order valence-corrected chi connectivity index (χ4v) is 1.57. The van der Waals surface area contributed by atoms with Crippen molar-refractivity contribution in [3.63, 3.8) is 0 Å². The highest BCUT2D eigenvalue weighted by Gasteiger charge is 2.14. The van der Waals surface area contributed by atoms with Crippen molar-refractivity contribution in [3.05, 3.63) is 36.5 Å². The third-order valence-electron chi connectivity index (χ3n) is 2.50. The van der Waals surface area contributed by atoms with Crippen molar-refractivity contribution in [2.75, 3.05) is 6.54 Å². The van der Waals surface area contributed by atoms with E-state index in [1.807, 2.05) is 0 Å². The van der Waals surface area contributed by atoms with Gasteiger partial charge in [0.2, 0.25) is 5.76 Å². The van der Waals surface area contributed by atoms with Crippen LogP contribution in [-0.4, -0.2) is 37.8 Å². The summed E-state index contributed by atoms with van der Waals surface area (Å²) in [7, 11) is 0. The zero-order chi connectivity index (χ0) is 13.8. The lowest BCUT2D eigenvalue weighted by molar-refractivity contribution is 0.0942. The molecule has 0 saturated carbocycles. The maximum absolute atomic E-state index is 11.8. The van der Waals surface area contributed by atoms with Crippen LogP contribution >= 0.6 is 0 Å². The monoisotopic (exact) mass is 274 g/mol. The van der Waals surface area contributed by atoms with Crippen LogP contribution in [0.25, 0.3) is 11.5 Å². The van der Waals surface area contributed by atoms with Crippen molar-refractivity contribution in [2.45, 2.75) is 6.54 Å². The molecule has 102 valence electrons. The number of carbonyl (C=O) groups is 1. The molecule has 0 spiro atoms. The third kappa shape index (κ3) is 2.55. The van der Waals surface area contributed by atoms with Gasteiger partial charge in [-0.25, -0.2) is 0 Å². The SMILES string of the molecule is O=C(NCCn1ncnn1)c1cc(-c2ccco2)on1. The minimum absolute atomic E-state index is 0.183. The van der Waals surface area contributed by atoms with E-state index in [2.05, 4.69) is 25.9 Å². The van der Waals surface area contributed by atoms with Gasteiger partial charge in [-0.1, -0.05) is 5.16 Å². The molecule has 0 atom stereocenters. The number of aromatic nitrogens is 5. The van der Waals surface area contributed by atoms with Crippen molar-refractivity contribution < 1.29 is 13.7 Å². The van der Waals surface area contributed by atoms with Gasteiger partial charge in [0.15, 0.2) is 17.8 Å². The zero-order valence-electron chi connectivity index (χ0n) is 10.3. The molecule has 9 nitrogen and oxygen atoms in total. The molecular weight excluding hydrogens is 264 g/mol. The molecule has 0 fully saturated rings. The first-order chi connectivity index (χ1) is 9.83. The van der Waals surface area contributed by atoms with E-state index >= 15 is 0 Å². The third-order valence-corrected chi connectivity index (χ3v) is 2.50. The Bertz CT molecular complexity index is 673. The van der Waals surface area contributed by atoms with Crippen LogP contribution in [0.15, 0.2) is 39.7 Å². The summed E-state index contributed by atoms with van der Waals surface area (Å²) in [6.07, 6.45) is 2.85. The summed E-state index contributed by atoms with van der Waals surface area (Å²) in [4.78, 5) is 13.2. The fourth-order valence-electron chi connectivity index (χ4n) is 1.57. The van der Waals surface area contributed by atoms with Gasteiger partial charge < -0.3 is 14.3 Å². The molecular formula is C11H10N6O3. The van der Waals surface area contributed by atoms with E-state index < -0.39 is 0 Å². The molecule has 0 aliphatic carbocycles. The molecule has 1 amide bonds. The number of hydrogen-bond acceptors (Lipinski definition) is 7. The lowest BCUT2D eigenvalue weighted by Gasteiger charge is -2.00. The molecule has 0 saturated heterocycles. The summed E-state index contributed by atoms with van der Waals surface area (Å²) in [5.41, 5.74) is 0.183. The van der Waals surface area contributed by atoms with E-state index in [0.29, 0.717) is 24.6 Å². The van der Waals surface area contributed by atoms with E-state index in [-0.39, 0.29) is 11.6 Å². The Balaban J connectivity index is 1.57. The Morgan fingerprint density at radius 3 is 3.10 bits per heavy atom. The van der Waals surface area contributed by atoms with E-state index in [0.717, 1.165) is 0 Å². The standard InChI is InChI=1S/C11H10N6O3/c18-11(12-3-4-17-14-7-13-16-17)8-6-10(20-15-8)9-2-1-5-19-9/h1-2,5-7H,3-4H2,(H,12,18). The lowest BCUT2D eigenvalue weighted by Crippen LogP contribution is -2.28. The van der Waals surface area contributed by atoms with E-state index in [1.165, 1.54) is 23.5 Å². The highest BCUT2D eigenvalue weighted by atomic mass is 16.5. The van der Waals surface area contributed by atoms with Gasteiger partial charge in [0.1, 0.15) is 0 Å². The van der Waals surface area contributed by atoms with Gasteiger partial charge >= 0.3 is 0 Å². The molecule has 1 N–H and O–H groups in total. The maximum Gasteiger partial charge on any atom is 0.273 e. The van der Waals surface area contributed by atoms with Crippen LogP contribution in [0.1, 0.15) is 10.5 Å². The number of tetrazole rings is 1. The highest BCUT2D eigenvalue weighted by Crippen LogP contribution is 2.20. The number of furan rings is 1. The maximum atomic E-state index is 11.8. The van der Waals surface area contributed by atoms with Gasteiger partial charge in [0.25, 0.3) is 5.91 Å². The summed E-state index contributed by atoms with van der Waals surface area (Å²) in [6, 6.07) is 4.96. The minimum Gasteiger partial charge on any atom is -0.461 e. The molecule has 20 heavy (non-hydrogen) atoms. The minimum atomic E-state index is -0.341. The first-order valence-electron chi connectivity index (χ1n) is 5.82. The quantitative estimate of drug-likeness (QED) is 0.714. The van der Waals surface area contributed by atoms with Crippen LogP contribution in [-0.2, 0) is 6.54 Å². The molecule has 0 unspecified atom stereocenters. The van der Waals surface area contributed by atoms with Gasteiger partial charge in [-0.2, -0.15) is 4.80 Å². The Morgan fingerprint density at radius 1 is 1.40 bits per heavy atom. The number of carbonyl (C=O) groups excluding carboxylic acids is 1. The second-order valence-corrected chi connectivity index (χ2v) is 3.84. The van der Waals surface area contributed by atoms with Crippen LogP contribution in [0, 0.1) is 0 Å². The van der Waals surface area contributed by atoms with Crippen molar-refractivity contribution in [1.82, 2.24) is 30.7 Å². The van der Waals surface area contributed by atoms with Crippen LogP contribution in [0.4, 0.5) is 0 Å². The van der Waals surface area contributed by atoms with E-state index in [4.69, 9.17) is 8.94 Å². The topological polar surface area (TPSA) is 112 Å². The van der Waals surface area contributed by atoms with E-state index in [9.17, 15) is 4.79 Å². The zero-order valence-corrected chi connectivity index (χ0v) is 10.3. The summed E-state index contributed by atoms with van der Waals surface area (Å²) < 4.78 is 10.2. The van der Waals surface area contributed by atoms with E-state index in [1.54, 1.807) is 12.1 Å². The van der Waals surface area contributed by atoms with Crippen molar-refractivity contribution in [2.24, 2.45) is 0 Å². The second-order valence-electron chi connectivity index (χ2n) is 3.84. The molecule has 3 aromatic rings. The van der Waals surface area contributed by atoms with Gasteiger partial charge in [0, 0.05) is 12.6 Å². The number of nitrogens with one attached hydrogen (secondary N) is 1. The van der Waals surface area contributed by atoms with Crippen LogP contribution in [0.2, 0.25) is 0 Å². The first-order valence-corrected chi connectivity index (χ1v) is 5.82. The molecule has 0 radical (unpaired) electrons. The predicted molar refractivity (Wildman–Crippen MR) is 64.4 cm³/mol. The smallest absolute Gasteiger partial charge is 0.273 e. The molecule has 0 aromatic carbocycles. The van der Waals surface area contributed by atoms with Gasteiger partial charge in [-0.05, 0) is 17.3 Å². The Kier molecular flexibility index (Phi) is 3.23. The van der Waals surface area contributed by atoms with Crippen molar-refractivity contribution >= 4 is 5.91 Å². The van der Waals surface area contributed by atoms with Crippen LogP contribution < -0.4 is 5.32 Å².